The van der Waals surface area contributed by atoms with Gasteiger partial charge in [-0.3, -0.25) is 0 Å². The lowest BCUT2D eigenvalue weighted by atomic mass is 9.47. The zero-order valence-corrected chi connectivity index (χ0v) is 14.8. The molecule has 0 aromatic heterocycles. The molecule has 1 saturated carbocycles. The number of cyclic esters (lactones) is 2. The van der Waals surface area contributed by atoms with E-state index in [1.165, 1.54) is 18.9 Å². The van der Waals surface area contributed by atoms with E-state index >= 15 is 0 Å². The molecular formula is C20H26O4. The number of fused-ring (bicyclic) bond motifs is 3. The zero-order chi connectivity index (χ0) is 17.1. The van der Waals surface area contributed by atoms with Crippen molar-refractivity contribution < 1.29 is 19.1 Å². The quantitative estimate of drug-likeness (QED) is 0.690. The third-order valence-electron chi connectivity index (χ3n) is 7.05. The second kappa shape index (κ2) is 5.21. The topological polar surface area (TPSA) is 52.6 Å². The highest BCUT2D eigenvalue weighted by Gasteiger charge is 2.55. The van der Waals surface area contributed by atoms with E-state index in [1.54, 1.807) is 0 Å². The van der Waals surface area contributed by atoms with Crippen molar-refractivity contribution >= 4 is 11.9 Å². The lowest BCUT2D eigenvalue weighted by Crippen LogP contribution is -2.52. The lowest BCUT2D eigenvalue weighted by molar-refractivity contribution is -0.154. The van der Waals surface area contributed by atoms with Crippen LogP contribution in [-0.4, -0.2) is 24.6 Å². The molecule has 0 N–H and O–H groups in total. The van der Waals surface area contributed by atoms with Gasteiger partial charge in [0.2, 0.25) is 0 Å². The molecule has 4 heteroatoms. The number of ether oxygens (including phenoxy) is 2. The van der Waals surface area contributed by atoms with Crippen molar-refractivity contribution in [1.82, 2.24) is 0 Å². The molecule has 2 heterocycles. The fraction of sp³-hybridized carbons (Fsp3) is 0.700. The fourth-order valence-electron chi connectivity index (χ4n) is 5.80. The van der Waals surface area contributed by atoms with E-state index in [0.717, 1.165) is 30.4 Å². The van der Waals surface area contributed by atoms with Gasteiger partial charge in [-0.2, -0.15) is 0 Å². The van der Waals surface area contributed by atoms with Gasteiger partial charge in [-0.1, -0.05) is 33.3 Å². The average Bonchev–Trinajstić information content (AvgIpc) is 2.93. The van der Waals surface area contributed by atoms with Gasteiger partial charge in [0, 0.05) is 23.1 Å². The van der Waals surface area contributed by atoms with Crippen molar-refractivity contribution in [3.63, 3.8) is 0 Å². The molecule has 0 aromatic rings. The van der Waals surface area contributed by atoms with Gasteiger partial charge in [-0.15, -0.1) is 0 Å². The predicted molar refractivity (Wildman–Crippen MR) is 89.0 cm³/mol. The van der Waals surface area contributed by atoms with Crippen LogP contribution in [0, 0.1) is 22.7 Å². The van der Waals surface area contributed by atoms with Crippen molar-refractivity contribution in [1.29, 1.82) is 0 Å². The monoisotopic (exact) mass is 330 g/mol. The molecule has 0 amide bonds. The Hall–Kier alpha value is -1.58. The van der Waals surface area contributed by atoms with Crippen molar-refractivity contribution in [2.45, 2.75) is 59.0 Å². The van der Waals surface area contributed by atoms with Gasteiger partial charge in [0.05, 0.1) is 0 Å². The summed E-state index contributed by atoms with van der Waals surface area (Å²) in [7, 11) is 0. The molecule has 0 spiro atoms. The summed E-state index contributed by atoms with van der Waals surface area (Å²) in [6, 6.07) is 0. The molecule has 130 valence electrons. The van der Waals surface area contributed by atoms with Crippen LogP contribution >= 0.6 is 0 Å². The van der Waals surface area contributed by atoms with Crippen LogP contribution in [0.5, 0.6) is 0 Å². The molecule has 0 aromatic carbocycles. The molecule has 4 rings (SSSR count). The number of allylic oxidation sites excluding steroid dienone is 1. The molecule has 24 heavy (non-hydrogen) atoms. The van der Waals surface area contributed by atoms with Crippen LogP contribution in [0.4, 0.5) is 0 Å². The van der Waals surface area contributed by atoms with Crippen molar-refractivity contribution in [3.8, 4) is 0 Å². The SMILES string of the molecule is CC1(C)CCC[C@]2(C)[C@H]3C[C@@H](C4=CC(=O)OC4)OC(=O)C3=CC[C@@H]12. The number of esters is 2. The highest BCUT2D eigenvalue weighted by molar-refractivity contribution is 5.91. The second-order valence-corrected chi connectivity index (χ2v) is 8.80. The molecule has 0 bridgehead atoms. The van der Waals surface area contributed by atoms with E-state index in [-0.39, 0.29) is 36.0 Å². The van der Waals surface area contributed by atoms with Gasteiger partial charge < -0.3 is 9.47 Å². The van der Waals surface area contributed by atoms with Crippen LogP contribution in [0.15, 0.2) is 23.3 Å². The summed E-state index contributed by atoms with van der Waals surface area (Å²) >= 11 is 0. The molecule has 1 saturated heterocycles. The van der Waals surface area contributed by atoms with Gasteiger partial charge >= 0.3 is 11.9 Å². The fourth-order valence-corrected chi connectivity index (χ4v) is 5.80. The van der Waals surface area contributed by atoms with Gasteiger partial charge in [0.25, 0.3) is 0 Å². The normalized spacial score (nSPS) is 40.7. The molecule has 2 fully saturated rings. The third kappa shape index (κ3) is 2.26. The highest BCUT2D eigenvalue weighted by Crippen LogP contribution is 2.61. The first-order valence-corrected chi connectivity index (χ1v) is 9.09. The average molecular weight is 330 g/mol. The minimum Gasteiger partial charge on any atom is -0.458 e. The Morgan fingerprint density at radius 2 is 1.96 bits per heavy atom. The van der Waals surface area contributed by atoms with Crippen LogP contribution in [0.2, 0.25) is 0 Å². The maximum Gasteiger partial charge on any atom is 0.334 e. The molecule has 0 radical (unpaired) electrons. The molecule has 4 aliphatic rings. The minimum absolute atomic E-state index is 0.132. The largest absolute Gasteiger partial charge is 0.458 e. The van der Waals surface area contributed by atoms with E-state index in [9.17, 15) is 9.59 Å². The number of hydrogen-bond acceptors (Lipinski definition) is 4. The number of carbonyl (C=O) groups is 2. The van der Waals surface area contributed by atoms with E-state index in [0.29, 0.717) is 11.3 Å². The highest BCUT2D eigenvalue weighted by atomic mass is 16.6. The molecule has 0 unspecified atom stereocenters. The summed E-state index contributed by atoms with van der Waals surface area (Å²) in [5.74, 6) is 0.293. The van der Waals surface area contributed by atoms with Gasteiger partial charge in [0.15, 0.2) is 0 Å². The minimum atomic E-state index is -0.325. The number of hydrogen-bond donors (Lipinski definition) is 0. The Morgan fingerprint density at radius 3 is 2.67 bits per heavy atom. The smallest absolute Gasteiger partial charge is 0.334 e. The Labute approximate surface area is 143 Å². The van der Waals surface area contributed by atoms with Gasteiger partial charge in [-0.05, 0) is 42.4 Å². The summed E-state index contributed by atoms with van der Waals surface area (Å²) in [5, 5.41) is 0. The van der Waals surface area contributed by atoms with E-state index in [4.69, 9.17) is 9.47 Å². The van der Waals surface area contributed by atoms with Crippen LogP contribution in [0.25, 0.3) is 0 Å². The Balaban J connectivity index is 1.69. The zero-order valence-electron chi connectivity index (χ0n) is 14.8. The number of carbonyl (C=O) groups excluding carboxylic acids is 2. The summed E-state index contributed by atoms with van der Waals surface area (Å²) in [6.07, 6.45) is 8.71. The molecule has 2 aliphatic heterocycles. The molecule has 4 nitrogen and oxygen atoms in total. The Bertz CT molecular complexity index is 657. The maximum atomic E-state index is 12.6. The summed E-state index contributed by atoms with van der Waals surface area (Å²) in [4.78, 5) is 24.0. The van der Waals surface area contributed by atoms with Crippen molar-refractivity contribution in [3.05, 3.63) is 23.3 Å². The van der Waals surface area contributed by atoms with E-state index in [2.05, 4.69) is 26.8 Å². The summed E-state index contributed by atoms with van der Waals surface area (Å²) in [5.41, 5.74) is 2.12. The third-order valence-corrected chi connectivity index (χ3v) is 7.05. The summed E-state index contributed by atoms with van der Waals surface area (Å²) in [6.45, 7) is 7.38. The standard InChI is InChI=1S/C20H26O4/c1-19(2)7-4-8-20(3)14-10-15(12-9-17(21)23-11-12)24-18(22)13(14)5-6-16(19)20/h5,9,14-16H,4,6-8,10-11H2,1-3H3/t14-,15-,16-,20+/m0/s1. The first-order chi connectivity index (χ1) is 11.3. The van der Waals surface area contributed by atoms with Crippen LogP contribution in [0.1, 0.15) is 52.9 Å². The summed E-state index contributed by atoms with van der Waals surface area (Å²) < 4.78 is 10.7. The van der Waals surface area contributed by atoms with Gasteiger partial charge in [-0.25, -0.2) is 9.59 Å². The Morgan fingerprint density at radius 1 is 1.17 bits per heavy atom. The molecule has 2 aliphatic carbocycles. The number of rotatable bonds is 1. The van der Waals surface area contributed by atoms with Crippen molar-refractivity contribution in [2.75, 3.05) is 6.61 Å². The van der Waals surface area contributed by atoms with Gasteiger partial charge in [0.1, 0.15) is 12.7 Å². The van der Waals surface area contributed by atoms with E-state index < -0.39 is 0 Å². The predicted octanol–water partition coefficient (Wildman–Crippen LogP) is 3.56. The van der Waals surface area contributed by atoms with Crippen molar-refractivity contribution in [2.24, 2.45) is 22.7 Å². The lowest BCUT2D eigenvalue weighted by Gasteiger charge is -2.58. The molecule has 4 atom stereocenters. The first kappa shape index (κ1) is 15.9. The van der Waals surface area contributed by atoms with Crippen LogP contribution < -0.4 is 0 Å². The molecular weight excluding hydrogens is 304 g/mol. The van der Waals surface area contributed by atoms with Crippen LogP contribution in [0.3, 0.4) is 0 Å². The Kier molecular flexibility index (Phi) is 3.45. The van der Waals surface area contributed by atoms with Crippen LogP contribution in [-0.2, 0) is 19.1 Å². The van der Waals surface area contributed by atoms with E-state index in [1.807, 2.05) is 0 Å². The first-order valence-electron chi connectivity index (χ1n) is 9.09. The maximum absolute atomic E-state index is 12.6. The second-order valence-electron chi connectivity index (χ2n) is 8.80.